The Morgan fingerprint density at radius 1 is 1.09 bits per heavy atom. The van der Waals surface area contributed by atoms with E-state index in [1.807, 2.05) is 65.7 Å². The molecule has 7 nitrogen and oxygen atoms in total. The van der Waals surface area contributed by atoms with Crippen molar-refractivity contribution in [2.24, 2.45) is 7.05 Å². The second-order valence-electron chi connectivity index (χ2n) is 7.55. The number of hydrogen-bond acceptors (Lipinski definition) is 5. The number of rotatable bonds is 9. The van der Waals surface area contributed by atoms with Gasteiger partial charge in [-0.2, -0.15) is 0 Å². The molecule has 0 aliphatic heterocycles. The first-order valence-electron chi connectivity index (χ1n) is 10.6. The smallest absolute Gasteiger partial charge is 0.224 e. The van der Waals surface area contributed by atoms with Crippen molar-refractivity contribution in [1.82, 2.24) is 19.3 Å². The first kappa shape index (κ1) is 23.1. The monoisotopic (exact) mass is 481 g/mol. The van der Waals surface area contributed by atoms with Crippen molar-refractivity contribution < 1.29 is 9.59 Å². The lowest BCUT2D eigenvalue weighted by Gasteiger charge is -2.08. The van der Waals surface area contributed by atoms with E-state index in [2.05, 4.69) is 15.5 Å². The predicted molar refractivity (Wildman–Crippen MR) is 132 cm³/mol. The van der Waals surface area contributed by atoms with E-state index in [1.165, 1.54) is 11.8 Å². The van der Waals surface area contributed by atoms with Crippen LogP contribution < -0.4 is 5.32 Å². The van der Waals surface area contributed by atoms with E-state index in [9.17, 15) is 9.59 Å². The summed E-state index contributed by atoms with van der Waals surface area (Å²) < 4.78 is 3.91. The molecule has 0 radical (unpaired) electrons. The van der Waals surface area contributed by atoms with Gasteiger partial charge in [0.1, 0.15) is 5.82 Å². The number of carbonyl (C=O) groups is 2. The molecule has 33 heavy (non-hydrogen) atoms. The van der Waals surface area contributed by atoms with Gasteiger partial charge in [-0.3, -0.25) is 9.59 Å². The molecule has 0 bridgehead atoms. The van der Waals surface area contributed by atoms with Gasteiger partial charge in [0.05, 0.1) is 16.5 Å². The number of Topliss-reactive ketones (excluding diaryl/α,β-unsaturated/α-hetero) is 1. The van der Waals surface area contributed by atoms with Gasteiger partial charge in [0, 0.05) is 49.1 Å². The number of hydrogen-bond donors (Lipinski definition) is 1. The van der Waals surface area contributed by atoms with Crippen molar-refractivity contribution in [1.29, 1.82) is 0 Å². The Morgan fingerprint density at radius 3 is 2.64 bits per heavy atom. The molecule has 0 unspecified atom stereocenters. The number of thioether (sulfide) groups is 1. The molecule has 1 N–H and O–H groups in total. The Hall–Kier alpha value is -3.10. The van der Waals surface area contributed by atoms with Gasteiger partial charge in [-0.15, -0.1) is 10.2 Å². The molecule has 4 rings (SSSR count). The van der Waals surface area contributed by atoms with Gasteiger partial charge >= 0.3 is 0 Å². The van der Waals surface area contributed by atoms with Gasteiger partial charge in [-0.1, -0.05) is 53.7 Å². The predicted octanol–water partition coefficient (Wildman–Crippen LogP) is 4.99. The molecule has 9 heteroatoms. The topological polar surface area (TPSA) is 81.8 Å². The molecule has 2 aromatic carbocycles. The normalized spacial score (nSPS) is 11.1. The molecule has 2 heterocycles. The Morgan fingerprint density at radius 2 is 1.85 bits per heavy atom. The molecular weight excluding hydrogens is 458 g/mol. The molecule has 0 saturated carbocycles. The maximum Gasteiger partial charge on any atom is 0.224 e. The Labute approximate surface area is 201 Å². The minimum Gasteiger partial charge on any atom is -0.350 e. The summed E-state index contributed by atoms with van der Waals surface area (Å²) in [6.45, 7) is 2.65. The molecule has 0 aliphatic carbocycles. The molecule has 170 valence electrons. The van der Waals surface area contributed by atoms with Crippen LogP contribution in [0.5, 0.6) is 0 Å². The van der Waals surface area contributed by atoms with E-state index < -0.39 is 0 Å². The van der Waals surface area contributed by atoms with Crippen LogP contribution in [0, 0.1) is 0 Å². The molecule has 0 aliphatic rings. The molecule has 4 aromatic rings. The highest BCUT2D eigenvalue weighted by molar-refractivity contribution is 7.99. The number of nitrogens with zero attached hydrogens (tertiary/aromatic N) is 4. The fourth-order valence-electron chi connectivity index (χ4n) is 3.70. The number of benzene rings is 2. The molecular formula is C24H24ClN5O2S. The number of carbonyl (C=O) groups excluding carboxylic acids is 2. The maximum absolute atomic E-state index is 12.9. The van der Waals surface area contributed by atoms with Crippen LogP contribution in [0.2, 0.25) is 5.02 Å². The standard InChI is InChI=1S/C24H24ClN5O2S/c1-3-30-22(12-13-23(32)26-19-10-6-5-9-18(19)25)27-28-24(30)33-15-21(31)17-14-29(2)20-11-7-4-8-16(17)20/h4-11,14H,3,12-13,15H2,1-2H3,(H,26,32). The summed E-state index contributed by atoms with van der Waals surface area (Å²) in [5.41, 5.74) is 2.32. The van der Waals surface area contributed by atoms with Gasteiger partial charge in [-0.05, 0) is 25.1 Å². The zero-order chi connectivity index (χ0) is 23.4. The van der Waals surface area contributed by atoms with Crippen LogP contribution in [0.25, 0.3) is 10.9 Å². The third kappa shape index (κ3) is 5.12. The molecule has 0 fully saturated rings. The Balaban J connectivity index is 1.38. The van der Waals surface area contributed by atoms with E-state index in [0.29, 0.717) is 40.2 Å². The number of fused-ring (bicyclic) bond motifs is 1. The quantitative estimate of drug-likeness (QED) is 0.269. The summed E-state index contributed by atoms with van der Waals surface area (Å²) in [6.07, 6.45) is 2.57. The summed E-state index contributed by atoms with van der Waals surface area (Å²) in [5.74, 6) is 0.878. The molecule has 2 aromatic heterocycles. The van der Waals surface area contributed by atoms with Gasteiger partial charge in [0.15, 0.2) is 10.9 Å². The van der Waals surface area contributed by atoms with E-state index in [1.54, 1.807) is 12.1 Å². The average Bonchev–Trinajstić information content (AvgIpc) is 3.38. The minimum absolute atomic E-state index is 0.0446. The molecule has 0 atom stereocenters. The number of nitrogens with one attached hydrogen (secondary N) is 1. The van der Waals surface area contributed by atoms with Crippen molar-refractivity contribution in [3.05, 3.63) is 71.1 Å². The molecule has 0 saturated heterocycles. The third-order valence-corrected chi connectivity index (χ3v) is 6.66. The van der Waals surface area contributed by atoms with Crippen LogP contribution in [0.4, 0.5) is 5.69 Å². The summed E-state index contributed by atoms with van der Waals surface area (Å²) in [6, 6.07) is 15.0. The summed E-state index contributed by atoms with van der Waals surface area (Å²) in [4.78, 5) is 25.3. The van der Waals surface area contributed by atoms with Crippen molar-refractivity contribution in [3.63, 3.8) is 0 Å². The van der Waals surface area contributed by atoms with Gasteiger partial charge < -0.3 is 14.5 Å². The van der Waals surface area contributed by atoms with Crippen molar-refractivity contribution >= 4 is 51.6 Å². The zero-order valence-corrected chi connectivity index (χ0v) is 20.0. The minimum atomic E-state index is -0.144. The number of amides is 1. The second-order valence-corrected chi connectivity index (χ2v) is 8.90. The number of aromatic nitrogens is 4. The van der Waals surface area contributed by atoms with E-state index in [0.717, 1.165) is 10.9 Å². The number of ketones is 1. The Kier molecular flexibility index (Phi) is 7.15. The lowest BCUT2D eigenvalue weighted by atomic mass is 10.1. The lowest BCUT2D eigenvalue weighted by Crippen LogP contribution is -2.14. The number of aryl methyl sites for hydroxylation is 2. The van der Waals surface area contributed by atoms with Gasteiger partial charge in [-0.25, -0.2) is 0 Å². The SMILES string of the molecule is CCn1c(CCC(=O)Nc2ccccc2Cl)nnc1SCC(=O)c1cn(C)c2ccccc12. The average molecular weight is 482 g/mol. The highest BCUT2D eigenvalue weighted by Gasteiger charge is 2.18. The first-order valence-corrected chi connectivity index (χ1v) is 12.0. The number of para-hydroxylation sites is 2. The zero-order valence-electron chi connectivity index (χ0n) is 18.4. The van der Waals surface area contributed by atoms with Crippen LogP contribution in [-0.2, 0) is 24.8 Å². The third-order valence-electron chi connectivity index (χ3n) is 5.36. The summed E-state index contributed by atoms with van der Waals surface area (Å²) in [7, 11) is 1.94. The highest BCUT2D eigenvalue weighted by atomic mass is 35.5. The van der Waals surface area contributed by atoms with E-state index in [4.69, 9.17) is 11.6 Å². The fourth-order valence-corrected chi connectivity index (χ4v) is 4.79. The molecule has 1 amide bonds. The van der Waals surface area contributed by atoms with E-state index in [-0.39, 0.29) is 23.9 Å². The van der Waals surface area contributed by atoms with Crippen LogP contribution in [-0.4, -0.2) is 36.8 Å². The first-order chi connectivity index (χ1) is 16.0. The van der Waals surface area contributed by atoms with E-state index >= 15 is 0 Å². The highest BCUT2D eigenvalue weighted by Crippen LogP contribution is 2.25. The van der Waals surface area contributed by atoms with Crippen molar-refractivity contribution in [2.45, 2.75) is 31.5 Å². The van der Waals surface area contributed by atoms with Crippen LogP contribution in [0.3, 0.4) is 0 Å². The fraction of sp³-hybridized carbons (Fsp3) is 0.250. The van der Waals surface area contributed by atoms with Crippen molar-refractivity contribution in [2.75, 3.05) is 11.1 Å². The maximum atomic E-state index is 12.9. The number of halogens is 1. The van der Waals surface area contributed by atoms with Crippen LogP contribution >= 0.6 is 23.4 Å². The van der Waals surface area contributed by atoms with Gasteiger partial charge in [0.2, 0.25) is 5.91 Å². The molecule has 0 spiro atoms. The Bertz CT molecular complexity index is 1310. The number of anilines is 1. The van der Waals surface area contributed by atoms with Crippen LogP contribution in [0.1, 0.15) is 29.5 Å². The van der Waals surface area contributed by atoms with Crippen molar-refractivity contribution in [3.8, 4) is 0 Å². The lowest BCUT2D eigenvalue weighted by molar-refractivity contribution is -0.116. The van der Waals surface area contributed by atoms with Crippen LogP contribution in [0.15, 0.2) is 59.9 Å². The largest absolute Gasteiger partial charge is 0.350 e. The second kappa shape index (κ2) is 10.2. The summed E-state index contributed by atoms with van der Waals surface area (Å²) in [5, 5.41) is 13.5. The summed E-state index contributed by atoms with van der Waals surface area (Å²) >= 11 is 7.47. The van der Waals surface area contributed by atoms with Gasteiger partial charge in [0.25, 0.3) is 0 Å².